The Hall–Kier alpha value is -0.890. The molecule has 1 aliphatic rings. The number of phenolic OH excluding ortho intramolecular Hbond substituents is 1. The lowest BCUT2D eigenvalue weighted by molar-refractivity contribution is -0.138. The van der Waals surface area contributed by atoms with Crippen molar-refractivity contribution in [3.63, 3.8) is 0 Å². The van der Waals surface area contributed by atoms with Gasteiger partial charge in [-0.2, -0.15) is 13.2 Å². The number of ether oxygens (including phenoxy) is 1. The standard InChI is InChI=1S/C15H21F3N2O2.2ClH/c1-22-14-3-2-11(10-13(14)21)12(4-5-15(16,17)18)20-8-6-19-7-9-20;;/h2-3,10,12,19,21H,4-9H2,1H3;2*1H/t12-;;/m0../s1. The van der Waals surface area contributed by atoms with Crippen LogP contribution in [0.1, 0.15) is 24.4 Å². The predicted octanol–water partition coefficient (Wildman–Crippen LogP) is 3.53. The first-order chi connectivity index (χ1) is 10.4. The molecule has 0 spiro atoms. The Morgan fingerprint density at radius 2 is 1.88 bits per heavy atom. The Kier molecular flexibility index (Phi) is 9.80. The van der Waals surface area contributed by atoms with Crippen LogP contribution >= 0.6 is 24.8 Å². The van der Waals surface area contributed by atoms with Crippen LogP contribution in [0.25, 0.3) is 0 Å². The highest BCUT2D eigenvalue weighted by Gasteiger charge is 2.31. The molecule has 1 saturated heterocycles. The number of rotatable bonds is 5. The first kappa shape index (κ1) is 23.1. The molecule has 24 heavy (non-hydrogen) atoms. The lowest BCUT2D eigenvalue weighted by atomic mass is 9.98. The highest BCUT2D eigenvalue weighted by molar-refractivity contribution is 5.85. The molecule has 0 saturated carbocycles. The topological polar surface area (TPSA) is 44.7 Å². The molecule has 4 nitrogen and oxygen atoms in total. The van der Waals surface area contributed by atoms with Crippen molar-refractivity contribution in [1.82, 2.24) is 10.2 Å². The zero-order chi connectivity index (χ0) is 16.2. The van der Waals surface area contributed by atoms with Gasteiger partial charge in [-0.3, -0.25) is 4.90 Å². The normalized spacial score (nSPS) is 16.7. The van der Waals surface area contributed by atoms with Gasteiger partial charge in [0.2, 0.25) is 0 Å². The maximum atomic E-state index is 12.6. The van der Waals surface area contributed by atoms with Crippen molar-refractivity contribution in [1.29, 1.82) is 0 Å². The predicted molar refractivity (Wildman–Crippen MR) is 91.6 cm³/mol. The second-order valence-corrected chi connectivity index (χ2v) is 5.39. The third-order valence-electron chi connectivity index (χ3n) is 3.88. The third-order valence-corrected chi connectivity index (χ3v) is 3.88. The molecule has 9 heteroatoms. The molecule has 1 aromatic carbocycles. The van der Waals surface area contributed by atoms with E-state index >= 15 is 0 Å². The van der Waals surface area contributed by atoms with E-state index in [2.05, 4.69) is 5.32 Å². The number of benzene rings is 1. The zero-order valence-electron chi connectivity index (χ0n) is 13.3. The van der Waals surface area contributed by atoms with Crippen molar-refractivity contribution in [3.8, 4) is 11.5 Å². The van der Waals surface area contributed by atoms with E-state index in [1.165, 1.54) is 13.2 Å². The summed E-state index contributed by atoms with van der Waals surface area (Å²) in [5, 5.41) is 13.1. The maximum absolute atomic E-state index is 12.6. The van der Waals surface area contributed by atoms with Crippen molar-refractivity contribution in [3.05, 3.63) is 23.8 Å². The average molecular weight is 391 g/mol. The van der Waals surface area contributed by atoms with Crippen LogP contribution < -0.4 is 10.1 Å². The quantitative estimate of drug-likeness (QED) is 0.806. The van der Waals surface area contributed by atoms with Gasteiger partial charge in [0.15, 0.2) is 11.5 Å². The summed E-state index contributed by atoms with van der Waals surface area (Å²) in [5.41, 5.74) is 0.685. The number of nitrogens with zero attached hydrogens (tertiary/aromatic N) is 1. The van der Waals surface area contributed by atoms with Gasteiger partial charge in [-0.1, -0.05) is 6.07 Å². The highest BCUT2D eigenvalue weighted by atomic mass is 35.5. The maximum Gasteiger partial charge on any atom is 0.389 e. The number of nitrogens with one attached hydrogen (secondary N) is 1. The van der Waals surface area contributed by atoms with E-state index in [1.807, 2.05) is 4.90 Å². The van der Waals surface area contributed by atoms with Gasteiger partial charge in [-0.25, -0.2) is 0 Å². The van der Waals surface area contributed by atoms with Crippen molar-refractivity contribution in [2.24, 2.45) is 0 Å². The van der Waals surface area contributed by atoms with E-state index in [4.69, 9.17) is 4.74 Å². The fourth-order valence-corrected chi connectivity index (χ4v) is 2.77. The monoisotopic (exact) mass is 390 g/mol. The minimum absolute atomic E-state index is 0. The average Bonchev–Trinajstić information content (AvgIpc) is 2.47. The van der Waals surface area contributed by atoms with E-state index < -0.39 is 12.6 Å². The second kappa shape index (κ2) is 10.2. The van der Waals surface area contributed by atoms with Gasteiger partial charge in [-0.15, -0.1) is 24.8 Å². The summed E-state index contributed by atoms with van der Waals surface area (Å²) in [6.45, 7) is 2.89. The first-order valence-electron chi connectivity index (χ1n) is 7.29. The van der Waals surface area contributed by atoms with E-state index in [1.54, 1.807) is 12.1 Å². The summed E-state index contributed by atoms with van der Waals surface area (Å²) in [4.78, 5) is 2.03. The molecule has 1 aliphatic heterocycles. The lowest BCUT2D eigenvalue weighted by Crippen LogP contribution is -2.45. The molecule has 140 valence electrons. The van der Waals surface area contributed by atoms with Crippen LogP contribution in [-0.2, 0) is 0 Å². The van der Waals surface area contributed by atoms with Crippen LogP contribution in [0.2, 0.25) is 0 Å². The highest BCUT2D eigenvalue weighted by Crippen LogP contribution is 2.35. The van der Waals surface area contributed by atoms with Crippen molar-refractivity contribution in [2.75, 3.05) is 33.3 Å². The number of aromatic hydroxyl groups is 1. The van der Waals surface area contributed by atoms with Gasteiger partial charge >= 0.3 is 6.18 Å². The van der Waals surface area contributed by atoms with Gasteiger partial charge < -0.3 is 15.2 Å². The molecule has 2 rings (SSSR count). The summed E-state index contributed by atoms with van der Waals surface area (Å²) in [6, 6.07) is 4.46. The van der Waals surface area contributed by atoms with E-state index in [9.17, 15) is 18.3 Å². The number of piperazine rings is 1. The summed E-state index contributed by atoms with van der Waals surface area (Å²) < 4.78 is 42.8. The summed E-state index contributed by atoms with van der Waals surface area (Å²) in [6.07, 6.45) is -5.04. The summed E-state index contributed by atoms with van der Waals surface area (Å²) in [5.74, 6) is 0.269. The summed E-state index contributed by atoms with van der Waals surface area (Å²) in [7, 11) is 1.44. The fraction of sp³-hybridized carbons (Fsp3) is 0.600. The Morgan fingerprint density at radius 3 is 2.38 bits per heavy atom. The Labute approximate surface area is 152 Å². The van der Waals surface area contributed by atoms with Crippen LogP contribution in [0.5, 0.6) is 11.5 Å². The lowest BCUT2D eigenvalue weighted by Gasteiger charge is -2.35. The smallest absolute Gasteiger partial charge is 0.389 e. The Morgan fingerprint density at radius 1 is 1.25 bits per heavy atom. The van der Waals surface area contributed by atoms with Crippen molar-refractivity contribution in [2.45, 2.75) is 25.1 Å². The first-order valence-corrected chi connectivity index (χ1v) is 7.29. The molecule has 1 heterocycles. The summed E-state index contributed by atoms with van der Waals surface area (Å²) >= 11 is 0. The minimum atomic E-state index is -4.18. The largest absolute Gasteiger partial charge is 0.504 e. The number of methoxy groups -OCH3 is 1. The molecule has 0 radical (unpaired) electrons. The number of halogens is 5. The van der Waals surface area contributed by atoms with Crippen molar-refractivity contribution >= 4 is 24.8 Å². The van der Waals surface area contributed by atoms with E-state index in [0.29, 0.717) is 24.4 Å². The molecule has 0 amide bonds. The van der Waals surface area contributed by atoms with Crippen LogP contribution in [0.4, 0.5) is 13.2 Å². The fourth-order valence-electron chi connectivity index (χ4n) is 2.77. The third kappa shape index (κ3) is 6.55. The van der Waals surface area contributed by atoms with Crippen LogP contribution in [0.15, 0.2) is 18.2 Å². The molecule has 1 aromatic rings. The molecule has 0 unspecified atom stereocenters. The van der Waals surface area contributed by atoms with Crippen LogP contribution in [-0.4, -0.2) is 49.5 Å². The second-order valence-electron chi connectivity index (χ2n) is 5.39. The van der Waals surface area contributed by atoms with Crippen LogP contribution in [0, 0.1) is 0 Å². The number of phenols is 1. The van der Waals surface area contributed by atoms with E-state index in [-0.39, 0.29) is 43.0 Å². The molecule has 0 aliphatic carbocycles. The van der Waals surface area contributed by atoms with Gasteiger partial charge in [0.25, 0.3) is 0 Å². The SMILES string of the molecule is COc1ccc([C@H](CCC(F)(F)F)N2CCNCC2)cc1O.Cl.Cl. The molecular weight excluding hydrogens is 368 g/mol. The minimum Gasteiger partial charge on any atom is -0.504 e. The number of alkyl halides is 3. The molecular formula is C15H23Cl2F3N2O2. The molecule has 1 atom stereocenters. The zero-order valence-corrected chi connectivity index (χ0v) is 14.9. The van der Waals surface area contributed by atoms with Gasteiger partial charge in [0.05, 0.1) is 7.11 Å². The van der Waals surface area contributed by atoms with E-state index in [0.717, 1.165) is 13.1 Å². The number of hydrogen-bond donors (Lipinski definition) is 2. The Balaban J connectivity index is 0.00000264. The molecule has 0 bridgehead atoms. The number of hydrogen-bond acceptors (Lipinski definition) is 4. The van der Waals surface area contributed by atoms with Gasteiger partial charge in [0.1, 0.15) is 0 Å². The van der Waals surface area contributed by atoms with Crippen molar-refractivity contribution < 1.29 is 23.0 Å². The van der Waals surface area contributed by atoms with Gasteiger partial charge in [-0.05, 0) is 24.1 Å². The van der Waals surface area contributed by atoms with Crippen LogP contribution in [0.3, 0.4) is 0 Å². The molecule has 1 fully saturated rings. The van der Waals surface area contributed by atoms with Gasteiger partial charge in [0, 0.05) is 38.6 Å². The molecule has 2 N–H and O–H groups in total. The molecule has 0 aromatic heterocycles. The Bertz CT molecular complexity index is 498.